The highest BCUT2D eigenvalue weighted by Gasteiger charge is 2.09. The van der Waals surface area contributed by atoms with Crippen LogP contribution in [-0.2, 0) is 4.79 Å². The van der Waals surface area contributed by atoms with Crippen LogP contribution in [0.5, 0.6) is 11.5 Å². The Kier molecular flexibility index (Phi) is 7.34. The first-order chi connectivity index (χ1) is 14.5. The maximum absolute atomic E-state index is 12.2. The standard InChI is InChI=1S/C23H19BrN2O4/c1-16-6-2-3-11-21(16)29-15-22(27)26-25-14-17-7-4-10-20(12-17)30-23(28)18-8-5-9-19(24)13-18/h2-14H,15H2,1H3,(H,26,27). The molecule has 0 aliphatic rings. The van der Waals surface area contributed by atoms with Crippen LogP contribution < -0.4 is 14.9 Å². The molecule has 1 amide bonds. The fraction of sp³-hybridized carbons (Fsp3) is 0.0870. The number of nitrogens with one attached hydrogen (secondary N) is 1. The summed E-state index contributed by atoms with van der Waals surface area (Å²) in [6.07, 6.45) is 1.46. The van der Waals surface area contributed by atoms with Crippen LogP contribution in [0.2, 0.25) is 0 Å². The third-order valence-electron chi connectivity index (χ3n) is 3.98. The van der Waals surface area contributed by atoms with E-state index in [1.165, 1.54) is 6.21 Å². The van der Waals surface area contributed by atoms with Gasteiger partial charge in [-0.05, 0) is 54.4 Å². The predicted molar refractivity (Wildman–Crippen MR) is 118 cm³/mol. The van der Waals surface area contributed by atoms with E-state index in [2.05, 4.69) is 26.5 Å². The van der Waals surface area contributed by atoms with E-state index in [1.54, 1.807) is 48.5 Å². The third-order valence-corrected chi connectivity index (χ3v) is 4.48. The van der Waals surface area contributed by atoms with Gasteiger partial charge in [-0.1, -0.05) is 52.3 Å². The number of aryl methyl sites for hydroxylation is 1. The lowest BCUT2D eigenvalue weighted by atomic mass is 10.2. The molecule has 0 spiro atoms. The van der Waals surface area contributed by atoms with Gasteiger partial charge in [-0.2, -0.15) is 5.10 Å². The highest BCUT2D eigenvalue weighted by atomic mass is 79.9. The van der Waals surface area contributed by atoms with E-state index >= 15 is 0 Å². The molecule has 6 nitrogen and oxygen atoms in total. The van der Waals surface area contributed by atoms with E-state index in [0.717, 1.165) is 10.0 Å². The first kappa shape index (κ1) is 21.3. The lowest BCUT2D eigenvalue weighted by Gasteiger charge is -2.07. The Morgan fingerprint density at radius 1 is 1.03 bits per heavy atom. The van der Waals surface area contributed by atoms with E-state index in [0.29, 0.717) is 22.6 Å². The Labute approximate surface area is 182 Å². The van der Waals surface area contributed by atoms with E-state index in [4.69, 9.17) is 9.47 Å². The highest BCUT2D eigenvalue weighted by molar-refractivity contribution is 9.10. The molecule has 0 saturated heterocycles. The van der Waals surface area contributed by atoms with Crippen molar-refractivity contribution < 1.29 is 19.1 Å². The average molecular weight is 467 g/mol. The van der Waals surface area contributed by atoms with Gasteiger partial charge in [0.2, 0.25) is 0 Å². The normalized spacial score (nSPS) is 10.6. The van der Waals surface area contributed by atoms with Crippen LogP contribution in [-0.4, -0.2) is 24.7 Å². The average Bonchev–Trinajstić information content (AvgIpc) is 2.73. The van der Waals surface area contributed by atoms with Crippen molar-refractivity contribution in [3.05, 3.63) is 94.0 Å². The number of ether oxygens (including phenoxy) is 2. The molecule has 0 bridgehead atoms. The molecule has 0 heterocycles. The number of amides is 1. The van der Waals surface area contributed by atoms with E-state index in [1.807, 2.05) is 31.2 Å². The Morgan fingerprint density at radius 2 is 1.83 bits per heavy atom. The molecule has 3 rings (SSSR count). The van der Waals surface area contributed by atoms with Gasteiger partial charge in [0, 0.05) is 4.47 Å². The van der Waals surface area contributed by atoms with Crippen LogP contribution in [0.4, 0.5) is 0 Å². The fourth-order valence-electron chi connectivity index (χ4n) is 2.51. The molecular weight excluding hydrogens is 448 g/mol. The number of rotatable bonds is 7. The summed E-state index contributed by atoms with van der Waals surface area (Å²) in [5.74, 6) is 0.175. The number of carbonyl (C=O) groups is 2. The lowest BCUT2D eigenvalue weighted by molar-refractivity contribution is -0.123. The number of para-hydroxylation sites is 1. The van der Waals surface area contributed by atoms with Gasteiger partial charge in [-0.15, -0.1) is 0 Å². The van der Waals surface area contributed by atoms with Crippen LogP contribution in [0.15, 0.2) is 82.4 Å². The summed E-state index contributed by atoms with van der Waals surface area (Å²) < 4.78 is 11.7. The summed E-state index contributed by atoms with van der Waals surface area (Å²) in [5, 5.41) is 3.92. The van der Waals surface area contributed by atoms with Crippen molar-refractivity contribution in [3.63, 3.8) is 0 Å². The SMILES string of the molecule is Cc1ccccc1OCC(=O)NN=Cc1cccc(OC(=O)c2cccc(Br)c2)c1. The number of benzene rings is 3. The van der Waals surface area contributed by atoms with Crippen molar-refractivity contribution in [2.24, 2.45) is 5.10 Å². The van der Waals surface area contributed by atoms with E-state index in [9.17, 15) is 9.59 Å². The smallest absolute Gasteiger partial charge is 0.343 e. The molecule has 30 heavy (non-hydrogen) atoms. The Balaban J connectivity index is 1.53. The van der Waals surface area contributed by atoms with Crippen LogP contribution in [0.1, 0.15) is 21.5 Å². The molecule has 0 fully saturated rings. The zero-order valence-corrected chi connectivity index (χ0v) is 17.8. The molecule has 0 aliphatic heterocycles. The number of esters is 1. The Hall–Kier alpha value is -3.45. The van der Waals surface area contributed by atoms with Crippen LogP contribution >= 0.6 is 15.9 Å². The van der Waals surface area contributed by atoms with Gasteiger partial charge >= 0.3 is 5.97 Å². The van der Waals surface area contributed by atoms with Crippen molar-refractivity contribution in [1.29, 1.82) is 0 Å². The van der Waals surface area contributed by atoms with E-state index < -0.39 is 5.97 Å². The van der Waals surface area contributed by atoms with Gasteiger partial charge in [0.25, 0.3) is 5.91 Å². The van der Waals surface area contributed by atoms with Gasteiger partial charge in [0.1, 0.15) is 11.5 Å². The minimum absolute atomic E-state index is 0.146. The maximum atomic E-state index is 12.2. The van der Waals surface area contributed by atoms with Crippen molar-refractivity contribution in [2.45, 2.75) is 6.92 Å². The van der Waals surface area contributed by atoms with Gasteiger partial charge in [-0.3, -0.25) is 4.79 Å². The molecule has 0 saturated carbocycles. The molecule has 3 aromatic rings. The summed E-state index contributed by atoms with van der Waals surface area (Å²) in [6.45, 7) is 1.76. The Bertz CT molecular complexity index is 1080. The monoisotopic (exact) mass is 466 g/mol. The summed E-state index contributed by atoms with van der Waals surface area (Å²) in [5.41, 5.74) is 4.45. The summed E-state index contributed by atoms with van der Waals surface area (Å²) in [6, 6.07) is 21.2. The summed E-state index contributed by atoms with van der Waals surface area (Å²) in [4.78, 5) is 24.1. The van der Waals surface area contributed by atoms with Gasteiger partial charge in [0.05, 0.1) is 11.8 Å². The van der Waals surface area contributed by atoms with Gasteiger partial charge < -0.3 is 9.47 Å². The largest absolute Gasteiger partial charge is 0.483 e. The second-order valence-corrected chi connectivity index (χ2v) is 7.24. The topological polar surface area (TPSA) is 77.0 Å². The molecule has 0 aromatic heterocycles. The number of nitrogens with zero attached hydrogens (tertiary/aromatic N) is 1. The number of hydrogen-bond donors (Lipinski definition) is 1. The van der Waals surface area contributed by atoms with Crippen molar-refractivity contribution in [3.8, 4) is 11.5 Å². The molecule has 152 valence electrons. The van der Waals surface area contributed by atoms with Crippen molar-refractivity contribution in [1.82, 2.24) is 5.43 Å². The highest BCUT2D eigenvalue weighted by Crippen LogP contribution is 2.17. The molecule has 1 N–H and O–H groups in total. The molecular formula is C23H19BrN2O4. The second-order valence-electron chi connectivity index (χ2n) is 6.32. The number of carbonyl (C=O) groups excluding carboxylic acids is 2. The fourth-order valence-corrected chi connectivity index (χ4v) is 2.91. The maximum Gasteiger partial charge on any atom is 0.343 e. The molecule has 0 radical (unpaired) electrons. The number of hydrazone groups is 1. The molecule has 0 atom stereocenters. The molecule has 0 aliphatic carbocycles. The molecule has 3 aromatic carbocycles. The van der Waals surface area contributed by atoms with E-state index in [-0.39, 0.29) is 12.5 Å². The predicted octanol–water partition coefficient (Wildman–Crippen LogP) is 4.51. The summed E-state index contributed by atoms with van der Waals surface area (Å²) >= 11 is 3.33. The van der Waals surface area contributed by atoms with Crippen molar-refractivity contribution >= 4 is 34.0 Å². The minimum Gasteiger partial charge on any atom is -0.483 e. The van der Waals surface area contributed by atoms with Crippen LogP contribution in [0, 0.1) is 6.92 Å². The second kappa shape index (κ2) is 10.4. The summed E-state index contributed by atoms with van der Waals surface area (Å²) in [7, 11) is 0. The van der Waals surface area contributed by atoms with Crippen molar-refractivity contribution in [2.75, 3.05) is 6.61 Å². The minimum atomic E-state index is -0.466. The third kappa shape index (κ3) is 6.28. The quantitative estimate of drug-likeness (QED) is 0.240. The zero-order chi connectivity index (χ0) is 21.3. The van der Waals surface area contributed by atoms with Gasteiger partial charge in [0.15, 0.2) is 6.61 Å². The first-order valence-corrected chi connectivity index (χ1v) is 9.89. The van der Waals surface area contributed by atoms with Crippen LogP contribution in [0.25, 0.3) is 0 Å². The van der Waals surface area contributed by atoms with Crippen LogP contribution in [0.3, 0.4) is 0 Å². The number of hydrogen-bond acceptors (Lipinski definition) is 5. The molecule has 0 unspecified atom stereocenters. The zero-order valence-electron chi connectivity index (χ0n) is 16.2. The number of halogens is 1. The van der Waals surface area contributed by atoms with Gasteiger partial charge in [-0.25, -0.2) is 10.2 Å². The first-order valence-electron chi connectivity index (χ1n) is 9.09. The Morgan fingerprint density at radius 3 is 2.63 bits per heavy atom. The molecule has 7 heteroatoms. The lowest BCUT2D eigenvalue weighted by Crippen LogP contribution is -2.24.